The zero-order chi connectivity index (χ0) is 10.6. The van der Waals surface area contributed by atoms with E-state index in [1.165, 1.54) is 6.92 Å². The Kier molecular flexibility index (Phi) is 4.40. The molecule has 1 atom stereocenters. The first-order valence-corrected chi connectivity index (χ1v) is 6.79. The van der Waals surface area contributed by atoms with Gasteiger partial charge >= 0.3 is 0 Å². The number of carbonyl (C=O) groups is 1. The molecular formula is C10H20O2Si. The first-order valence-electron chi connectivity index (χ1n) is 4.59. The smallest absolute Gasteiger partial charge is 0.237 e. The molecule has 0 aliphatic carbocycles. The fourth-order valence-electron chi connectivity index (χ4n) is 0.776. The molecule has 0 aromatic carbocycles. The molecule has 3 heteroatoms. The normalized spacial score (nSPS) is 15.4. The quantitative estimate of drug-likeness (QED) is 0.398. The van der Waals surface area contributed by atoms with Gasteiger partial charge in [0.25, 0.3) is 0 Å². The van der Waals surface area contributed by atoms with Crippen LogP contribution in [0.5, 0.6) is 0 Å². The number of allylic oxidation sites excluding steroid dienone is 2. The van der Waals surface area contributed by atoms with Gasteiger partial charge in [-0.15, -0.1) is 0 Å². The fraction of sp³-hybridized carbons (Fsp3) is 0.700. The predicted octanol–water partition coefficient (Wildman–Crippen LogP) is 2.65. The third kappa shape index (κ3) is 5.63. The van der Waals surface area contributed by atoms with Gasteiger partial charge in [0.05, 0.1) is 5.76 Å². The molecule has 0 heterocycles. The minimum Gasteiger partial charge on any atom is -0.549 e. The van der Waals surface area contributed by atoms with E-state index >= 15 is 0 Å². The summed E-state index contributed by atoms with van der Waals surface area (Å²) in [4.78, 5) is 10.7. The minimum absolute atomic E-state index is 0.0487. The Hall–Kier alpha value is -0.573. The summed E-state index contributed by atoms with van der Waals surface area (Å²) >= 11 is 0. The second-order valence-corrected chi connectivity index (χ2v) is 7.74. The van der Waals surface area contributed by atoms with Crippen molar-refractivity contribution in [3.05, 3.63) is 11.8 Å². The number of ketones is 1. The highest BCUT2D eigenvalue weighted by atomic mass is 28.3. The molecular weight excluding hydrogens is 180 g/mol. The van der Waals surface area contributed by atoms with Gasteiger partial charge in [0, 0.05) is 6.08 Å². The van der Waals surface area contributed by atoms with E-state index < -0.39 is 9.04 Å². The summed E-state index contributed by atoms with van der Waals surface area (Å²) in [5.41, 5.74) is 0. The maximum atomic E-state index is 10.7. The van der Waals surface area contributed by atoms with Crippen molar-refractivity contribution >= 4 is 14.8 Å². The Morgan fingerprint density at radius 1 is 1.31 bits per heavy atom. The fourth-order valence-corrected chi connectivity index (χ4v) is 1.76. The van der Waals surface area contributed by atoms with Crippen LogP contribution in [0.3, 0.4) is 0 Å². The molecule has 76 valence electrons. The van der Waals surface area contributed by atoms with Crippen LogP contribution in [0.1, 0.15) is 34.6 Å². The summed E-state index contributed by atoms with van der Waals surface area (Å²) in [6, 6.07) is 0. The van der Waals surface area contributed by atoms with Gasteiger partial charge in [-0.2, -0.15) is 0 Å². The van der Waals surface area contributed by atoms with Crippen LogP contribution in [0.15, 0.2) is 11.8 Å². The number of rotatable bonds is 3. The minimum atomic E-state index is -1.23. The zero-order valence-electron chi connectivity index (χ0n) is 9.47. The van der Waals surface area contributed by atoms with Crippen LogP contribution in [0.25, 0.3) is 0 Å². The van der Waals surface area contributed by atoms with Crippen LogP contribution in [-0.4, -0.2) is 14.8 Å². The molecule has 2 nitrogen and oxygen atoms in total. The van der Waals surface area contributed by atoms with E-state index in [1.54, 1.807) is 6.08 Å². The van der Waals surface area contributed by atoms with Crippen LogP contribution < -0.4 is 0 Å². The Morgan fingerprint density at radius 2 is 1.77 bits per heavy atom. The number of hydrogen-bond acceptors (Lipinski definition) is 2. The lowest BCUT2D eigenvalue weighted by Gasteiger charge is -2.26. The third-order valence-electron chi connectivity index (χ3n) is 1.99. The lowest BCUT2D eigenvalue weighted by atomic mass is 10.3. The molecule has 0 saturated heterocycles. The van der Waals surface area contributed by atoms with Gasteiger partial charge in [0.15, 0.2) is 5.78 Å². The van der Waals surface area contributed by atoms with Crippen molar-refractivity contribution in [3.8, 4) is 0 Å². The first-order chi connectivity index (χ1) is 5.73. The lowest BCUT2D eigenvalue weighted by molar-refractivity contribution is -0.112. The van der Waals surface area contributed by atoms with Gasteiger partial charge in [-0.05, 0) is 25.4 Å². The van der Waals surface area contributed by atoms with Crippen molar-refractivity contribution in [1.29, 1.82) is 0 Å². The monoisotopic (exact) mass is 200 g/mol. The van der Waals surface area contributed by atoms with Crippen molar-refractivity contribution in [2.24, 2.45) is 0 Å². The second kappa shape index (κ2) is 4.60. The summed E-state index contributed by atoms with van der Waals surface area (Å²) < 4.78 is 5.70. The summed E-state index contributed by atoms with van der Waals surface area (Å²) in [7, 11) is -1.23. The Balaban J connectivity index is 4.22. The van der Waals surface area contributed by atoms with Gasteiger partial charge in [-0.1, -0.05) is 20.8 Å². The Bertz CT molecular complexity index is 213. The lowest BCUT2D eigenvalue weighted by Crippen LogP contribution is -2.25. The second-order valence-electron chi connectivity index (χ2n) is 4.49. The van der Waals surface area contributed by atoms with E-state index in [0.29, 0.717) is 0 Å². The summed E-state index contributed by atoms with van der Waals surface area (Å²) in [6.45, 7) is 12.0. The van der Waals surface area contributed by atoms with Crippen LogP contribution in [0.4, 0.5) is 0 Å². The largest absolute Gasteiger partial charge is 0.549 e. The molecule has 0 N–H and O–H groups in total. The van der Waals surface area contributed by atoms with Gasteiger partial charge in [-0.25, -0.2) is 0 Å². The molecule has 0 aromatic rings. The van der Waals surface area contributed by atoms with Crippen LogP contribution in [-0.2, 0) is 9.22 Å². The predicted molar refractivity (Wildman–Crippen MR) is 58.3 cm³/mol. The summed E-state index contributed by atoms with van der Waals surface area (Å²) in [5, 5.41) is 0.242. The van der Waals surface area contributed by atoms with E-state index in [0.717, 1.165) is 5.76 Å². The van der Waals surface area contributed by atoms with Gasteiger partial charge in [0.2, 0.25) is 9.04 Å². The highest BCUT2D eigenvalue weighted by Gasteiger charge is 2.24. The maximum Gasteiger partial charge on any atom is 0.237 e. The van der Waals surface area contributed by atoms with Crippen molar-refractivity contribution < 1.29 is 9.22 Å². The van der Waals surface area contributed by atoms with Crippen LogP contribution in [0.2, 0.25) is 11.6 Å². The van der Waals surface area contributed by atoms with E-state index in [9.17, 15) is 4.79 Å². The van der Waals surface area contributed by atoms with Gasteiger partial charge in [0.1, 0.15) is 0 Å². The third-order valence-corrected chi connectivity index (χ3v) is 5.15. The molecule has 0 radical (unpaired) electrons. The van der Waals surface area contributed by atoms with Crippen LogP contribution >= 0.6 is 0 Å². The number of hydrogen-bond donors (Lipinski definition) is 0. The average molecular weight is 200 g/mol. The molecule has 0 amide bonds. The maximum absolute atomic E-state index is 10.7. The Morgan fingerprint density at radius 3 is 2.08 bits per heavy atom. The van der Waals surface area contributed by atoms with E-state index in [4.69, 9.17) is 4.43 Å². The molecule has 0 fully saturated rings. The Labute approximate surface area is 82.7 Å². The van der Waals surface area contributed by atoms with Gasteiger partial charge < -0.3 is 4.43 Å². The molecule has 0 rings (SSSR count). The molecule has 13 heavy (non-hydrogen) atoms. The standard InChI is InChI=1S/C10H20O2Si/c1-8(11)7-9(2)12-13(6)10(3,4)5/h7,13H,1-6H3. The molecule has 0 aliphatic rings. The number of carbonyl (C=O) groups excluding carboxylic acids is 1. The molecule has 0 aromatic heterocycles. The van der Waals surface area contributed by atoms with E-state index in [1.807, 2.05) is 6.92 Å². The van der Waals surface area contributed by atoms with E-state index in [2.05, 4.69) is 27.3 Å². The summed E-state index contributed by atoms with van der Waals surface area (Å²) in [6.07, 6.45) is 1.55. The highest BCUT2D eigenvalue weighted by Crippen LogP contribution is 2.28. The highest BCUT2D eigenvalue weighted by molar-refractivity contribution is 6.54. The van der Waals surface area contributed by atoms with E-state index in [-0.39, 0.29) is 10.8 Å². The van der Waals surface area contributed by atoms with Crippen molar-refractivity contribution in [2.75, 3.05) is 0 Å². The molecule has 0 aliphatic heterocycles. The first kappa shape index (κ1) is 12.4. The van der Waals surface area contributed by atoms with Crippen molar-refractivity contribution in [2.45, 2.75) is 46.2 Å². The summed E-state index contributed by atoms with van der Waals surface area (Å²) in [5.74, 6) is 0.800. The molecule has 0 bridgehead atoms. The molecule has 1 unspecified atom stereocenters. The van der Waals surface area contributed by atoms with Crippen molar-refractivity contribution in [1.82, 2.24) is 0 Å². The molecule has 0 spiro atoms. The zero-order valence-corrected chi connectivity index (χ0v) is 10.6. The molecule has 0 saturated carbocycles. The SMILES string of the molecule is CC(=O)C=C(C)O[SiH](C)C(C)(C)C. The average Bonchev–Trinajstić information content (AvgIpc) is 1.82. The van der Waals surface area contributed by atoms with Crippen LogP contribution in [0, 0.1) is 0 Å². The topological polar surface area (TPSA) is 26.3 Å². The van der Waals surface area contributed by atoms with Gasteiger partial charge in [-0.3, -0.25) is 4.79 Å². The van der Waals surface area contributed by atoms with Crippen molar-refractivity contribution in [3.63, 3.8) is 0 Å².